The van der Waals surface area contributed by atoms with Gasteiger partial charge in [0.05, 0.1) is 0 Å². The molecule has 0 unspecified atom stereocenters. The first kappa shape index (κ1) is 12.8. The van der Waals surface area contributed by atoms with Crippen molar-refractivity contribution in [2.75, 3.05) is 11.1 Å². The predicted molar refractivity (Wildman–Crippen MR) is 64.3 cm³/mol. The molecule has 17 heavy (non-hydrogen) atoms. The Morgan fingerprint density at radius 1 is 1.29 bits per heavy atom. The van der Waals surface area contributed by atoms with E-state index in [1.807, 2.05) is 0 Å². The van der Waals surface area contributed by atoms with Crippen LogP contribution in [0.15, 0.2) is 24.3 Å². The van der Waals surface area contributed by atoms with Crippen LogP contribution in [0.3, 0.4) is 0 Å². The third-order valence-electron chi connectivity index (χ3n) is 2.23. The minimum Gasteiger partial charge on any atom is -0.480 e. The van der Waals surface area contributed by atoms with Crippen LogP contribution < -0.4 is 16.8 Å². The molecule has 92 valence electrons. The van der Waals surface area contributed by atoms with Gasteiger partial charge in [-0.2, -0.15) is 0 Å². The number of benzene rings is 1. The highest BCUT2D eigenvalue weighted by Gasteiger charge is 2.17. The molecule has 0 spiro atoms. The lowest BCUT2D eigenvalue weighted by atomic mass is 10.1. The maximum Gasteiger partial charge on any atom is 0.326 e. The van der Waals surface area contributed by atoms with E-state index in [1.165, 1.54) is 0 Å². The van der Waals surface area contributed by atoms with Gasteiger partial charge in [-0.3, -0.25) is 4.79 Å². The van der Waals surface area contributed by atoms with Crippen LogP contribution >= 0.6 is 0 Å². The van der Waals surface area contributed by atoms with Crippen molar-refractivity contribution in [3.05, 3.63) is 24.3 Å². The van der Waals surface area contributed by atoms with E-state index in [2.05, 4.69) is 5.32 Å². The zero-order valence-electron chi connectivity index (χ0n) is 9.22. The second-order valence-corrected chi connectivity index (χ2v) is 3.66. The molecule has 6 nitrogen and oxygen atoms in total. The number of anilines is 2. The van der Waals surface area contributed by atoms with Gasteiger partial charge in [0.1, 0.15) is 6.04 Å². The average molecular weight is 237 g/mol. The number of primary amides is 1. The summed E-state index contributed by atoms with van der Waals surface area (Å²) in [4.78, 5) is 21.6. The number of carboxylic acids is 1. The molecule has 0 saturated heterocycles. The van der Waals surface area contributed by atoms with E-state index < -0.39 is 17.9 Å². The summed E-state index contributed by atoms with van der Waals surface area (Å²) in [6.07, 6.45) is 0.175. The minimum atomic E-state index is -1.02. The first-order chi connectivity index (χ1) is 7.99. The predicted octanol–water partition coefficient (Wildman–Crippen LogP) is 0.399. The quantitative estimate of drug-likeness (QED) is 0.534. The molecular formula is C11H15N3O3. The molecule has 1 aromatic rings. The van der Waals surface area contributed by atoms with Crippen LogP contribution in [-0.2, 0) is 9.59 Å². The Balaban J connectivity index is 2.63. The molecule has 0 radical (unpaired) electrons. The maximum absolute atomic E-state index is 10.9. The maximum atomic E-state index is 10.9. The normalized spacial score (nSPS) is 11.8. The summed E-state index contributed by atoms with van der Waals surface area (Å²) in [7, 11) is 0. The first-order valence-electron chi connectivity index (χ1n) is 5.12. The number of rotatable bonds is 6. The fraction of sp³-hybridized carbons (Fsp3) is 0.273. The smallest absolute Gasteiger partial charge is 0.326 e. The number of carbonyl (C=O) groups excluding carboxylic acids is 1. The minimum absolute atomic E-state index is 0.0267. The Labute approximate surface area is 98.6 Å². The largest absolute Gasteiger partial charge is 0.480 e. The molecule has 6 N–H and O–H groups in total. The number of nitrogen functional groups attached to an aromatic ring is 1. The third-order valence-corrected chi connectivity index (χ3v) is 2.23. The van der Waals surface area contributed by atoms with E-state index in [0.29, 0.717) is 11.4 Å². The molecule has 0 aliphatic rings. The van der Waals surface area contributed by atoms with Crippen molar-refractivity contribution in [2.24, 2.45) is 5.73 Å². The van der Waals surface area contributed by atoms with E-state index in [0.717, 1.165) is 0 Å². The SMILES string of the molecule is NC(=O)CC[C@H](Nc1ccc(N)cc1)C(=O)O. The van der Waals surface area contributed by atoms with Gasteiger partial charge >= 0.3 is 5.97 Å². The van der Waals surface area contributed by atoms with Gasteiger partial charge < -0.3 is 21.9 Å². The van der Waals surface area contributed by atoms with Crippen LogP contribution in [0.1, 0.15) is 12.8 Å². The lowest BCUT2D eigenvalue weighted by molar-refractivity contribution is -0.138. The van der Waals surface area contributed by atoms with Crippen molar-refractivity contribution in [1.29, 1.82) is 0 Å². The summed E-state index contributed by atoms with van der Waals surface area (Å²) < 4.78 is 0. The van der Waals surface area contributed by atoms with E-state index in [4.69, 9.17) is 16.6 Å². The molecule has 0 aliphatic heterocycles. The topological polar surface area (TPSA) is 118 Å². The van der Waals surface area contributed by atoms with E-state index in [9.17, 15) is 9.59 Å². The molecule has 6 heteroatoms. The van der Waals surface area contributed by atoms with Crippen LogP contribution in [0.25, 0.3) is 0 Å². The van der Waals surface area contributed by atoms with Gasteiger partial charge in [-0.15, -0.1) is 0 Å². The molecule has 0 heterocycles. The molecule has 1 rings (SSSR count). The lowest BCUT2D eigenvalue weighted by Crippen LogP contribution is -2.30. The van der Waals surface area contributed by atoms with Crippen molar-refractivity contribution >= 4 is 23.3 Å². The van der Waals surface area contributed by atoms with Gasteiger partial charge in [0, 0.05) is 17.8 Å². The molecule has 1 amide bonds. The van der Waals surface area contributed by atoms with Crippen LogP contribution in [0, 0.1) is 0 Å². The molecule has 0 saturated carbocycles. The fourth-order valence-corrected chi connectivity index (χ4v) is 1.32. The Kier molecular flexibility index (Phi) is 4.33. The fourth-order valence-electron chi connectivity index (χ4n) is 1.32. The summed E-state index contributed by atoms with van der Waals surface area (Å²) in [5, 5.41) is 11.8. The van der Waals surface area contributed by atoms with Crippen LogP contribution in [0.4, 0.5) is 11.4 Å². The van der Waals surface area contributed by atoms with Crippen molar-refractivity contribution in [2.45, 2.75) is 18.9 Å². The number of aliphatic carboxylic acids is 1. The number of nitrogens with two attached hydrogens (primary N) is 2. The molecule has 0 aliphatic carbocycles. The third kappa shape index (κ3) is 4.42. The summed E-state index contributed by atoms with van der Waals surface area (Å²) in [5.41, 5.74) is 11.7. The van der Waals surface area contributed by atoms with Gasteiger partial charge in [-0.05, 0) is 30.7 Å². The number of carboxylic acid groups (broad SMARTS) is 1. The van der Waals surface area contributed by atoms with Crippen LogP contribution in [-0.4, -0.2) is 23.0 Å². The highest BCUT2D eigenvalue weighted by Crippen LogP contribution is 2.13. The van der Waals surface area contributed by atoms with E-state index in [-0.39, 0.29) is 12.8 Å². The van der Waals surface area contributed by atoms with E-state index >= 15 is 0 Å². The molecule has 1 atom stereocenters. The zero-order chi connectivity index (χ0) is 12.8. The van der Waals surface area contributed by atoms with Gasteiger partial charge in [0.2, 0.25) is 5.91 Å². The second-order valence-electron chi connectivity index (χ2n) is 3.66. The summed E-state index contributed by atoms with van der Waals surface area (Å²) in [6.45, 7) is 0. The van der Waals surface area contributed by atoms with Gasteiger partial charge in [0.15, 0.2) is 0 Å². The highest BCUT2D eigenvalue weighted by molar-refractivity contribution is 5.79. The van der Waals surface area contributed by atoms with Crippen LogP contribution in [0.2, 0.25) is 0 Å². The van der Waals surface area contributed by atoms with Crippen molar-refractivity contribution in [3.63, 3.8) is 0 Å². The number of carbonyl (C=O) groups is 2. The number of amides is 1. The Morgan fingerprint density at radius 3 is 2.35 bits per heavy atom. The monoisotopic (exact) mass is 237 g/mol. The summed E-state index contributed by atoms with van der Waals surface area (Å²) in [6, 6.07) is 5.83. The Morgan fingerprint density at radius 2 is 1.88 bits per heavy atom. The van der Waals surface area contributed by atoms with E-state index in [1.54, 1.807) is 24.3 Å². The van der Waals surface area contributed by atoms with Crippen molar-refractivity contribution in [1.82, 2.24) is 0 Å². The molecule has 1 aromatic carbocycles. The summed E-state index contributed by atoms with van der Waals surface area (Å²) >= 11 is 0. The molecular weight excluding hydrogens is 222 g/mol. The summed E-state index contributed by atoms with van der Waals surface area (Å²) in [5.74, 6) is -1.54. The van der Waals surface area contributed by atoms with Gasteiger partial charge in [-0.1, -0.05) is 0 Å². The average Bonchev–Trinajstić information content (AvgIpc) is 2.26. The standard InChI is InChI=1S/C11H15N3O3/c12-7-1-3-8(4-2-7)14-9(11(16)17)5-6-10(13)15/h1-4,9,14H,5-6,12H2,(H2,13,15)(H,16,17)/t9-/m0/s1. The van der Waals surface area contributed by atoms with Gasteiger partial charge in [-0.25, -0.2) is 4.79 Å². The second kappa shape index (κ2) is 5.74. The highest BCUT2D eigenvalue weighted by atomic mass is 16.4. The van der Waals surface area contributed by atoms with Crippen molar-refractivity contribution < 1.29 is 14.7 Å². The zero-order valence-corrected chi connectivity index (χ0v) is 9.22. The first-order valence-corrected chi connectivity index (χ1v) is 5.12. The lowest BCUT2D eigenvalue weighted by Gasteiger charge is -2.15. The molecule has 0 bridgehead atoms. The number of hydrogen-bond acceptors (Lipinski definition) is 4. The van der Waals surface area contributed by atoms with Gasteiger partial charge in [0.25, 0.3) is 0 Å². The number of hydrogen-bond donors (Lipinski definition) is 4. The van der Waals surface area contributed by atoms with Crippen molar-refractivity contribution in [3.8, 4) is 0 Å². The number of nitrogens with one attached hydrogen (secondary N) is 1. The molecule has 0 aromatic heterocycles. The Hall–Kier alpha value is -2.24. The Bertz CT molecular complexity index is 403. The molecule has 0 fully saturated rings. The van der Waals surface area contributed by atoms with Crippen LogP contribution in [0.5, 0.6) is 0 Å².